The van der Waals surface area contributed by atoms with Gasteiger partial charge in [-0.2, -0.15) is 0 Å². The molecule has 8 nitrogen and oxygen atoms in total. The number of hydrogen-bond acceptors (Lipinski definition) is 5. The normalized spacial score (nSPS) is 11.9. The molecule has 1 atom stereocenters. The third-order valence-corrected chi connectivity index (χ3v) is 8.32. The largest absolute Gasteiger partial charge is 0.494 e. The number of amides is 2. The molecule has 10 heteroatoms. The van der Waals surface area contributed by atoms with Gasteiger partial charge in [-0.15, -0.1) is 0 Å². The molecule has 41 heavy (non-hydrogen) atoms. The zero-order chi connectivity index (χ0) is 29.8. The zero-order valence-electron chi connectivity index (χ0n) is 23.8. The lowest BCUT2D eigenvalue weighted by molar-refractivity contribution is -0.140. The fourth-order valence-corrected chi connectivity index (χ4v) is 5.77. The Balaban J connectivity index is 2.02. The van der Waals surface area contributed by atoms with Crippen molar-refractivity contribution >= 4 is 27.5 Å². The summed E-state index contributed by atoms with van der Waals surface area (Å²) in [7, 11) is -4.16. The average molecular weight is 584 g/mol. The quantitative estimate of drug-likeness (QED) is 0.250. The van der Waals surface area contributed by atoms with E-state index in [4.69, 9.17) is 4.74 Å². The monoisotopic (exact) mass is 583 g/mol. The van der Waals surface area contributed by atoms with Gasteiger partial charge in [0.15, 0.2) is 0 Å². The van der Waals surface area contributed by atoms with Crippen LogP contribution in [-0.4, -0.2) is 50.9 Å². The second-order valence-corrected chi connectivity index (χ2v) is 11.3. The molecule has 0 heterocycles. The molecule has 0 aliphatic rings. The molecule has 3 aromatic rings. The molecule has 3 aromatic carbocycles. The van der Waals surface area contributed by atoms with Crippen LogP contribution in [0.1, 0.15) is 45.6 Å². The van der Waals surface area contributed by atoms with Gasteiger partial charge in [0.05, 0.1) is 17.2 Å². The molecular formula is C31H38FN3O5S. The van der Waals surface area contributed by atoms with Crippen molar-refractivity contribution in [3.05, 3.63) is 90.2 Å². The van der Waals surface area contributed by atoms with Crippen LogP contribution in [0, 0.1) is 5.82 Å². The summed E-state index contributed by atoms with van der Waals surface area (Å²) in [5, 5.41) is 2.89. The summed E-state index contributed by atoms with van der Waals surface area (Å²) in [6, 6.07) is 19.1. The first kappa shape index (κ1) is 31.6. The van der Waals surface area contributed by atoms with Crippen LogP contribution < -0.4 is 14.4 Å². The number of nitrogens with zero attached hydrogens (tertiary/aromatic N) is 2. The van der Waals surface area contributed by atoms with E-state index in [0.717, 1.165) is 17.1 Å². The molecule has 3 rings (SSSR count). The van der Waals surface area contributed by atoms with Crippen molar-refractivity contribution in [1.29, 1.82) is 0 Å². The minimum absolute atomic E-state index is 0.00131. The number of unbranched alkanes of at least 4 members (excludes halogenated alkanes) is 1. The number of rotatable bonds is 15. The molecular weight excluding hydrogens is 545 g/mol. The van der Waals surface area contributed by atoms with E-state index in [1.54, 1.807) is 61.5 Å². The Kier molecular flexibility index (Phi) is 11.7. The van der Waals surface area contributed by atoms with E-state index in [9.17, 15) is 22.4 Å². The van der Waals surface area contributed by atoms with Gasteiger partial charge in [0, 0.05) is 13.1 Å². The van der Waals surface area contributed by atoms with E-state index in [1.165, 1.54) is 29.2 Å². The Hall–Kier alpha value is -3.92. The van der Waals surface area contributed by atoms with E-state index in [2.05, 4.69) is 5.32 Å². The van der Waals surface area contributed by atoms with Crippen LogP contribution in [0.3, 0.4) is 0 Å². The maximum Gasteiger partial charge on any atom is 0.264 e. The topological polar surface area (TPSA) is 96.0 Å². The number of benzene rings is 3. The number of sulfonamides is 1. The molecule has 0 aliphatic carbocycles. The van der Waals surface area contributed by atoms with Gasteiger partial charge in [0.2, 0.25) is 11.8 Å². The lowest BCUT2D eigenvalue weighted by atomic mass is 10.1. The van der Waals surface area contributed by atoms with Crippen LogP contribution in [0.2, 0.25) is 0 Å². The summed E-state index contributed by atoms with van der Waals surface area (Å²) in [6.07, 6.45) is 1.98. The summed E-state index contributed by atoms with van der Waals surface area (Å²) in [5.41, 5.74) is 0.880. The van der Waals surface area contributed by atoms with Gasteiger partial charge in [0.1, 0.15) is 24.2 Å². The second kappa shape index (κ2) is 15.2. The average Bonchev–Trinajstić information content (AvgIpc) is 2.98. The van der Waals surface area contributed by atoms with Gasteiger partial charge in [-0.3, -0.25) is 13.9 Å². The standard InChI is InChI=1S/C31H38FN3O5S/c1-4-7-21-33-31(37)29(5-2)34(22-24-13-15-25(32)16-14-24)30(36)23-35(26-17-19-27(20-18-26)40-6-3)41(38,39)28-11-9-8-10-12-28/h8-20,29H,4-7,21-23H2,1-3H3,(H,33,37). The molecule has 2 amide bonds. The number of halogens is 1. The van der Waals surface area contributed by atoms with Crippen LogP contribution in [0.5, 0.6) is 5.75 Å². The smallest absolute Gasteiger partial charge is 0.264 e. The Labute approximate surface area is 242 Å². The number of carbonyl (C=O) groups is 2. The minimum Gasteiger partial charge on any atom is -0.494 e. The van der Waals surface area contributed by atoms with E-state index in [0.29, 0.717) is 30.9 Å². The molecule has 0 bridgehead atoms. The molecule has 0 fully saturated rings. The molecule has 0 radical (unpaired) electrons. The fourth-order valence-electron chi connectivity index (χ4n) is 4.34. The Bertz CT molecular complexity index is 1370. The predicted molar refractivity (Wildman–Crippen MR) is 158 cm³/mol. The number of carbonyl (C=O) groups excluding carboxylic acids is 2. The van der Waals surface area contributed by atoms with Gasteiger partial charge < -0.3 is 15.0 Å². The van der Waals surface area contributed by atoms with Gasteiger partial charge in [-0.1, -0.05) is 50.6 Å². The molecule has 0 aliphatic heterocycles. The fraction of sp³-hybridized carbons (Fsp3) is 0.355. The SMILES string of the molecule is CCCCNC(=O)C(CC)N(Cc1ccc(F)cc1)C(=O)CN(c1ccc(OCC)cc1)S(=O)(=O)c1ccccc1. The minimum atomic E-state index is -4.16. The van der Waals surface area contributed by atoms with Crippen molar-refractivity contribution in [2.24, 2.45) is 0 Å². The van der Waals surface area contributed by atoms with Crippen molar-refractivity contribution in [2.45, 2.75) is 57.5 Å². The highest BCUT2D eigenvalue weighted by molar-refractivity contribution is 7.92. The first-order chi connectivity index (χ1) is 19.7. The van der Waals surface area contributed by atoms with E-state index in [-0.39, 0.29) is 23.0 Å². The molecule has 0 aromatic heterocycles. The number of hydrogen-bond donors (Lipinski definition) is 1. The number of ether oxygens (including phenoxy) is 1. The van der Waals surface area contributed by atoms with E-state index in [1.807, 2.05) is 13.8 Å². The Morgan fingerprint density at radius 1 is 0.927 bits per heavy atom. The summed E-state index contributed by atoms with van der Waals surface area (Å²) >= 11 is 0. The lowest BCUT2D eigenvalue weighted by Crippen LogP contribution is -2.52. The summed E-state index contributed by atoms with van der Waals surface area (Å²) < 4.78 is 47.9. The highest BCUT2D eigenvalue weighted by Crippen LogP contribution is 2.27. The first-order valence-electron chi connectivity index (χ1n) is 13.8. The maximum absolute atomic E-state index is 14.0. The molecule has 0 saturated heterocycles. The van der Waals surface area contributed by atoms with Crippen molar-refractivity contribution < 1.29 is 27.1 Å². The van der Waals surface area contributed by atoms with Gasteiger partial charge in [-0.05, 0) is 73.9 Å². The van der Waals surface area contributed by atoms with Crippen molar-refractivity contribution in [1.82, 2.24) is 10.2 Å². The molecule has 0 spiro atoms. The molecule has 220 valence electrons. The van der Waals surface area contributed by atoms with Crippen molar-refractivity contribution in [3.8, 4) is 5.75 Å². The highest BCUT2D eigenvalue weighted by atomic mass is 32.2. The van der Waals surface area contributed by atoms with Crippen molar-refractivity contribution in [3.63, 3.8) is 0 Å². The lowest BCUT2D eigenvalue weighted by Gasteiger charge is -2.33. The van der Waals surface area contributed by atoms with Crippen LogP contribution >= 0.6 is 0 Å². The predicted octanol–water partition coefficient (Wildman–Crippen LogP) is 5.14. The Morgan fingerprint density at radius 2 is 1.59 bits per heavy atom. The molecule has 1 N–H and O–H groups in total. The van der Waals surface area contributed by atoms with Gasteiger partial charge in [0.25, 0.3) is 10.0 Å². The van der Waals surface area contributed by atoms with Crippen LogP contribution in [0.4, 0.5) is 10.1 Å². The Morgan fingerprint density at radius 3 is 2.17 bits per heavy atom. The van der Waals surface area contributed by atoms with Gasteiger partial charge >= 0.3 is 0 Å². The van der Waals surface area contributed by atoms with Crippen LogP contribution in [0.15, 0.2) is 83.8 Å². The number of nitrogens with one attached hydrogen (secondary N) is 1. The first-order valence-corrected chi connectivity index (χ1v) is 15.3. The van der Waals surface area contributed by atoms with Crippen LogP contribution in [-0.2, 0) is 26.2 Å². The molecule has 1 unspecified atom stereocenters. The summed E-state index contributed by atoms with van der Waals surface area (Å²) in [6.45, 7) is 6.01. The number of anilines is 1. The van der Waals surface area contributed by atoms with Gasteiger partial charge in [-0.25, -0.2) is 12.8 Å². The third kappa shape index (κ3) is 8.53. The van der Waals surface area contributed by atoms with Crippen molar-refractivity contribution in [2.75, 3.05) is 24.0 Å². The summed E-state index contributed by atoms with van der Waals surface area (Å²) in [4.78, 5) is 28.6. The highest BCUT2D eigenvalue weighted by Gasteiger charge is 2.33. The van der Waals surface area contributed by atoms with E-state index >= 15 is 0 Å². The van der Waals surface area contributed by atoms with Crippen LogP contribution in [0.25, 0.3) is 0 Å². The van der Waals surface area contributed by atoms with E-state index < -0.39 is 34.3 Å². The summed E-state index contributed by atoms with van der Waals surface area (Å²) in [5.74, 6) is -0.755. The maximum atomic E-state index is 14.0. The molecule has 0 saturated carbocycles. The zero-order valence-corrected chi connectivity index (χ0v) is 24.6. The third-order valence-electron chi connectivity index (χ3n) is 6.53. The second-order valence-electron chi connectivity index (χ2n) is 9.47.